The minimum absolute atomic E-state index is 0.311. The molecular weight excluding hydrogens is 624 g/mol. The van der Waals surface area contributed by atoms with Crippen LogP contribution in [0.25, 0.3) is 0 Å². The van der Waals surface area contributed by atoms with Crippen molar-refractivity contribution in [2.24, 2.45) is 13.0 Å². The molecule has 2 atom stereocenters. The van der Waals surface area contributed by atoms with Crippen molar-refractivity contribution >= 4 is 27.0 Å². The van der Waals surface area contributed by atoms with Gasteiger partial charge < -0.3 is 20.6 Å². The van der Waals surface area contributed by atoms with Crippen LogP contribution in [0.2, 0.25) is 0 Å². The van der Waals surface area contributed by atoms with Crippen molar-refractivity contribution in [3.05, 3.63) is 102 Å². The zero-order valence-corrected chi connectivity index (χ0v) is 30.2. The number of aromatic carboxylic acids is 1. The molecule has 0 bridgehead atoms. The van der Waals surface area contributed by atoms with Gasteiger partial charge in [-0.1, -0.05) is 70.2 Å². The lowest BCUT2D eigenvalue weighted by Crippen LogP contribution is -2.30. The van der Waals surface area contributed by atoms with Gasteiger partial charge in [0.15, 0.2) is 0 Å². The molecule has 11 heteroatoms. The number of aryl methyl sites for hydroxylation is 2. The van der Waals surface area contributed by atoms with Crippen molar-refractivity contribution in [3.63, 3.8) is 0 Å². The Hall–Kier alpha value is -3.88. The van der Waals surface area contributed by atoms with Crippen LogP contribution < -0.4 is 10.6 Å². The first kappa shape index (κ1) is 40.3. The predicted molar refractivity (Wildman–Crippen MR) is 200 cm³/mol. The molecule has 0 radical (unpaired) electrons. The maximum absolute atomic E-state index is 14.1. The third-order valence-electron chi connectivity index (χ3n) is 7.85. The maximum Gasteiger partial charge on any atom is 0.338 e. The summed E-state index contributed by atoms with van der Waals surface area (Å²) >= 11 is 0. The van der Waals surface area contributed by atoms with E-state index in [0.29, 0.717) is 24.0 Å². The van der Waals surface area contributed by atoms with E-state index >= 15 is 0 Å². The van der Waals surface area contributed by atoms with Gasteiger partial charge in [-0.2, -0.15) is 10.1 Å². The van der Waals surface area contributed by atoms with Crippen LogP contribution in [0, 0.1) is 11.7 Å². The second-order valence-electron chi connectivity index (χ2n) is 11.7. The average Bonchev–Trinajstić information content (AvgIpc) is 3.56. The highest BCUT2D eigenvalue weighted by Gasteiger charge is 2.22. The van der Waals surface area contributed by atoms with E-state index in [4.69, 9.17) is 15.1 Å². The molecule has 4 rings (SSSR count). The number of anilines is 2. The van der Waals surface area contributed by atoms with E-state index in [9.17, 15) is 9.18 Å². The molecule has 1 aromatic carbocycles. The molecule has 2 aromatic heterocycles. The molecule has 2 unspecified atom stereocenters. The zero-order chi connectivity index (χ0) is 35.1. The second kappa shape index (κ2) is 23.4. The molecule has 1 aliphatic carbocycles. The maximum atomic E-state index is 14.1. The summed E-state index contributed by atoms with van der Waals surface area (Å²) in [5, 5.41) is 19.6. The standard InChI is InChI=1S/C27H41FN5O2P.C6H8.C4H6N2/c1-3-33(13-6-4-5-7-15-36)14-12-29-25-22-16-19(2)8-11-24(22)31-27(32-25)30-18-20-9-10-21(26(34)35)23(28)17-20;1-3-5-6-4-2;1-6-4-2-3-5-6/h9-10,17,19H,3-8,11-16,18,36H2,1-2H3,(H,34,35)(H2,29,30,31,32);3-6H,1-2H2;2-4H,1H3/b;6-5-;. The fraction of sp³-hybridized carbons (Fsp3) is 0.459. The van der Waals surface area contributed by atoms with E-state index < -0.39 is 11.8 Å². The van der Waals surface area contributed by atoms with Crippen LogP contribution in [-0.2, 0) is 26.4 Å². The first-order valence-electron chi connectivity index (χ1n) is 16.9. The van der Waals surface area contributed by atoms with Gasteiger partial charge in [-0.3, -0.25) is 4.68 Å². The van der Waals surface area contributed by atoms with Gasteiger partial charge >= 0.3 is 5.97 Å². The number of carboxylic acid groups (broad SMARTS) is 1. The van der Waals surface area contributed by atoms with Gasteiger partial charge in [0, 0.05) is 44.6 Å². The lowest BCUT2D eigenvalue weighted by atomic mass is 9.88. The molecule has 3 N–H and O–H groups in total. The van der Waals surface area contributed by atoms with Gasteiger partial charge in [0.1, 0.15) is 11.6 Å². The summed E-state index contributed by atoms with van der Waals surface area (Å²) in [4.78, 5) is 23.1. The number of carbonyl (C=O) groups is 1. The molecule has 0 saturated carbocycles. The molecule has 0 aliphatic heterocycles. The van der Waals surface area contributed by atoms with Crippen molar-refractivity contribution in [1.82, 2.24) is 24.6 Å². The minimum atomic E-state index is -1.27. The number of nitrogens with one attached hydrogen (secondary N) is 2. The number of allylic oxidation sites excluding steroid dienone is 4. The number of benzene rings is 1. The molecule has 0 saturated heterocycles. The number of likely N-dealkylation sites (N-methyl/N-ethyl adjacent to an activating group) is 1. The van der Waals surface area contributed by atoms with Gasteiger partial charge in [0.2, 0.25) is 5.95 Å². The number of unbranched alkanes of at least 4 members (excludes halogenated alkanes) is 3. The molecule has 2 heterocycles. The van der Waals surface area contributed by atoms with Crippen molar-refractivity contribution in [3.8, 4) is 0 Å². The Balaban J connectivity index is 0.000000560. The van der Waals surface area contributed by atoms with E-state index in [0.717, 1.165) is 57.0 Å². The Morgan fingerprint density at radius 2 is 1.90 bits per heavy atom. The average molecular weight is 680 g/mol. The normalized spacial score (nSPS) is 13.5. The second-order valence-corrected chi connectivity index (χ2v) is 12.3. The van der Waals surface area contributed by atoms with Crippen molar-refractivity contribution in [1.29, 1.82) is 0 Å². The van der Waals surface area contributed by atoms with Crippen LogP contribution >= 0.6 is 9.24 Å². The van der Waals surface area contributed by atoms with Gasteiger partial charge in [-0.15, -0.1) is 9.24 Å². The van der Waals surface area contributed by atoms with Crippen LogP contribution in [0.5, 0.6) is 0 Å². The molecular formula is C37H55FN7O2P. The van der Waals surface area contributed by atoms with E-state index in [1.807, 2.05) is 31.5 Å². The SMILES string of the molecule is C=C/C=C\C=C.CCN(CCCCCCP)CCNc1nc(NCc2ccc(C(=O)O)c(F)c2)nc2c1CC(C)CC2.Cn1cccn1. The number of nitrogens with zero attached hydrogens (tertiary/aromatic N) is 5. The van der Waals surface area contributed by atoms with Crippen LogP contribution in [0.3, 0.4) is 0 Å². The first-order chi connectivity index (χ1) is 23.2. The number of rotatable bonds is 17. The van der Waals surface area contributed by atoms with E-state index in [1.54, 1.807) is 29.1 Å². The van der Waals surface area contributed by atoms with Crippen LogP contribution in [-0.4, -0.2) is 68.1 Å². The third-order valence-corrected chi connectivity index (χ3v) is 8.26. The number of carboxylic acids is 1. The molecule has 3 aromatic rings. The Morgan fingerprint density at radius 1 is 1.15 bits per heavy atom. The summed E-state index contributed by atoms with van der Waals surface area (Å²) in [5.74, 6) is -0.0144. The number of aromatic nitrogens is 4. The summed E-state index contributed by atoms with van der Waals surface area (Å²) in [5.41, 5.74) is 2.59. The summed E-state index contributed by atoms with van der Waals surface area (Å²) in [6.45, 7) is 15.7. The Labute approximate surface area is 289 Å². The van der Waals surface area contributed by atoms with E-state index in [-0.39, 0.29) is 5.56 Å². The highest BCUT2D eigenvalue weighted by atomic mass is 31.0. The topological polar surface area (TPSA) is 108 Å². The summed E-state index contributed by atoms with van der Waals surface area (Å²) in [7, 11) is 4.69. The number of hydrogen-bond acceptors (Lipinski definition) is 7. The molecule has 0 spiro atoms. The summed E-state index contributed by atoms with van der Waals surface area (Å²) in [6, 6.07) is 6.04. The van der Waals surface area contributed by atoms with Gasteiger partial charge in [0.05, 0.1) is 11.3 Å². The minimum Gasteiger partial charge on any atom is -0.478 e. The molecule has 262 valence electrons. The Kier molecular flexibility index (Phi) is 19.7. The van der Waals surface area contributed by atoms with E-state index in [2.05, 4.69) is 56.9 Å². The predicted octanol–water partition coefficient (Wildman–Crippen LogP) is 7.55. The fourth-order valence-corrected chi connectivity index (χ4v) is 5.42. The highest BCUT2D eigenvalue weighted by molar-refractivity contribution is 7.16. The number of halogens is 1. The molecule has 0 fully saturated rings. The number of fused-ring (bicyclic) bond motifs is 1. The molecule has 9 nitrogen and oxygen atoms in total. The zero-order valence-electron chi connectivity index (χ0n) is 29.0. The number of hydrogen-bond donors (Lipinski definition) is 3. The van der Waals surface area contributed by atoms with Gasteiger partial charge in [-0.25, -0.2) is 14.2 Å². The first-order valence-corrected chi connectivity index (χ1v) is 17.7. The lowest BCUT2D eigenvalue weighted by Gasteiger charge is -2.25. The summed E-state index contributed by atoms with van der Waals surface area (Å²) < 4.78 is 15.8. The monoisotopic (exact) mass is 679 g/mol. The fourth-order valence-electron chi connectivity index (χ4n) is 5.13. The smallest absolute Gasteiger partial charge is 0.338 e. The van der Waals surface area contributed by atoms with Crippen LogP contribution in [0.4, 0.5) is 16.2 Å². The molecule has 48 heavy (non-hydrogen) atoms. The van der Waals surface area contributed by atoms with E-state index in [1.165, 1.54) is 49.5 Å². The van der Waals surface area contributed by atoms with Crippen molar-refractivity contribution in [2.45, 2.75) is 65.3 Å². The lowest BCUT2D eigenvalue weighted by molar-refractivity contribution is 0.0692. The third kappa shape index (κ3) is 15.3. The summed E-state index contributed by atoms with van der Waals surface area (Å²) in [6.07, 6.45) is 20.0. The Morgan fingerprint density at radius 3 is 2.48 bits per heavy atom. The highest BCUT2D eigenvalue weighted by Crippen LogP contribution is 2.30. The molecule has 1 aliphatic rings. The van der Waals surface area contributed by atoms with Gasteiger partial charge in [-0.05, 0) is 81.0 Å². The Bertz CT molecular complexity index is 1400. The van der Waals surface area contributed by atoms with Crippen LogP contribution in [0.15, 0.2) is 74.1 Å². The largest absolute Gasteiger partial charge is 0.478 e. The molecule has 0 amide bonds. The van der Waals surface area contributed by atoms with Gasteiger partial charge in [0.25, 0.3) is 0 Å². The van der Waals surface area contributed by atoms with Crippen molar-refractivity contribution in [2.75, 3.05) is 43.0 Å². The van der Waals surface area contributed by atoms with Crippen LogP contribution in [0.1, 0.15) is 73.1 Å². The quantitative estimate of drug-likeness (QED) is 0.0763. The van der Waals surface area contributed by atoms with Crippen molar-refractivity contribution < 1.29 is 14.3 Å².